The van der Waals surface area contributed by atoms with Crippen molar-refractivity contribution in [2.24, 2.45) is 0 Å². The first-order valence-electron chi connectivity index (χ1n) is 10.8. The molecule has 5 rings (SSSR count). The number of rotatable bonds is 4. The van der Waals surface area contributed by atoms with Crippen molar-refractivity contribution in [3.63, 3.8) is 0 Å². The average Bonchev–Trinajstić information content (AvgIpc) is 3.26. The summed E-state index contributed by atoms with van der Waals surface area (Å²) >= 11 is 0. The number of aryl methyl sites for hydroxylation is 1. The van der Waals surface area contributed by atoms with Crippen LogP contribution < -0.4 is 0 Å². The predicted molar refractivity (Wildman–Crippen MR) is 129 cm³/mol. The van der Waals surface area contributed by atoms with Gasteiger partial charge >= 0.3 is 0 Å². The van der Waals surface area contributed by atoms with E-state index in [4.69, 9.17) is 0 Å². The lowest BCUT2D eigenvalue weighted by molar-refractivity contribution is 1.03. The number of hydrogen-bond donors (Lipinski definition) is 0. The van der Waals surface area contributed by atoms with E-state index in [1.54, 1.807) is 0 Å². The Morgan fingerprint density at radius 3 is 1.77 bits per heavy atom. The molecule has 0 saturated heterocycles. The minimum absolute atomic E-state index is 1.09. The van der Waals surface area contributed by atoms with Gasteiger partial charge in [-0.25, -0.2) is 0 Å². The summed E-state index contributed by atoms with van der Waals surface area (Å²) in [5.41, 5.74) is 13.5. The third-order valence-corrected chi connectivity index (χ3v) is 6.26. The molecule has 0 radical (unpaired) electrons. The van der Waals surface area contributed by atoms with Gasteiger partial charge in [0.1, 0.15) is 0 Å². The van der Waals surface area contributed by atoms with Crippen molar-refractivity contribution in [1.29, 1.82) is 0 Å². The standard InChI is InChI=1S/C30H26/c1-3-22-16-29-21(2)14-15-28(30(29)17-22)27-19-25(23-10-6-4-7-11-23)18-26(20-27)24-12-8-5-9-13-24/h4-15,17-20H,3,16H2,1-2H3. The molecule has 0 saturated carbocycles. The van der Waals surface area contributed by atoms with Crippen molar-refractivity contribution in [3.8, 4) is 33.4 Å². The first-order chi connectivity index (χ1) is 14.7. The Kier molecular flexibility index (Phi) is 4.85. The van der Waals surface area contributed by atoms with Crippen LogP contribution in [-0.4, -0.2) is 0 Å². The lowest BCUT2D eigenvalue weighted by Gasteiger charge is -2.15. The molecular weight excluding hydrogens is 360 g/mol. The largest absolute Gasteiger partial charge is 0.0654 e. The van der Waals surface area contributed by atoms with Crippen LogP contribution in [0.1, 0.15) is 30.0 Å². The second kappa shape index (κ2) is 7.80. The number of fused-ring (bicyclic) bond motifs is 1. The summed E-state index contributed by atoms with van der Waals surface area (Å²) in [5.74, 6) is 0. The molecule has 0 amide bonds. The summed E-state index contributed by atoms with van der Waals surface area (Å²) in [5, 5.41) is 0. The van der Waals surface area contributed by atoms with Gasteiger partial charge in [-0.15, -0.1) is 0 Å². The van der Waals surface area contributed by atoms with Gasteiger partial charge in [-0.1, -0.05) is 91.4 Å². The van der Waals surface area contributed by atoms with Crippen molar-refractivity contribution in [3.05, 3.63) is 113 Å². The molecule has 30 heavy (non-hydrogen) atoms. The molecule has 0 unspecified atom stereocenters. The third-order valence-electron chi connectivity index (χ3n) is 6.26. The van der Waals surface area contributed by atoms with Gasteiger partial charge in [-0.3, -0.25) is 0 Å². The minimum Gasteiger partial charge on any atom is -0.0654 e. The molecule has 0 spiro atoms. The van der Waals surface area contributed by atoms with E-state index in [0.29, 0.717) is 0 Å². The van der Waals surface area contributed by atoms with Crippen molar-refractivity contribution in [1.82, 2.24) is 0 Å². The average molecular weight is 387 g/mol. The molecule has 0 aromatic heterocycles. The van der Waals surface area contributed by atoms with E-state index < -0.39 is 0 Å². The summed E-state index contributed by atoms with van der Waals surface area (Å²) in [6.45, 7) is 4.50. The predicted octanol–water partition coefficient (Wildman–Crippen LogP) is 8.35. The highest BCUT2D eigenvalue weighted by atomic mass is 14.2. The van der Waals surface area contributed by atoms with Crippen LogP contribution in [0.15, 0.2) is 96.6 Å². The molecule has 4 aromatic rings. The second-order valence-electron chi connectivity index (χ2n) is 8.19. The van der Waals surface area contributed by atoms with Crippen molar-refractivity contribution in [2.45, 2.75) is 26.7 Å². The topological polar surface area (TPSA) is 0 Å². The fourth-order valence-corrected chi connectivity index (χ4v) is 4.51. The summed E-state index contributed by atoms with van der Waals surface area (Å²) in [4.78, 5) is 0. The van der Waals surface area contributed by atoms with E-state index in [1.807, 2.05) is 0 Å². The van der Waals surface area contributed by atoms with Crippen LogP contribution in [0, 0.1) is 6.92 Å². The SMILES string of the molecule is CCC1=Cc2c(-c3cc(-c4ccccc4)cc(-c4ccccc4)c3)ccc(C)c2C1. The van der Waals surface area contributed by atoms with E-state index in [2.05, 4.69) is 111 Å². The maximum absolute atomic E-state index is 2.43. The van der Waals surface area contributed by atoms with Crippen molar-refractivity contribution < 1.29 is 0 Å². The van der Waals surface area contributed by atoms with Crippen LogP contribution >= 0.6 is 0 Å². The fourth-order valence-electron chi connectivity index (χ4n) is 4.51. The zero-order valence-corrected chi connectivity index (χ0v) is 17.7. The number of benzene rings is 4. The lowest BCUT2D eigenvalue weighted by atomic mass is 9.89. The second-order valence-corrected chi connectivity index (χ2v) is 8.19. The highest BCUT2D eigenvalue weighted by Gasteiger charge is 2.19. The maximum atomic E-state index is 2.43. The molecule has 0 heteroatoms. The molecule has 0 fully saturated rings. The highest BCUT2D eigenvalue weighted by molar-refractivity contribution is 5.87. The number of allylic oxidation sites excluding steroid dienone is 1. The highest BCUT2D eigenvalue weighted by Crippen LogP contribution is 2.39. The third kappa shape index (κ3) is 3.39. The Balaban J connectivity index is 1.74. The van der Waals surface area contributed by atoms with Crippen LogP contribution in [0.5, 0.6) is 0 Å². The van der Waals surface area contributed by atoms with Gasteiger partial charge in [-0.05, 0) is 88.0 Å². The molecule has 0 N–H and O–H groups in total. The van der Waals surface area contributed by atoms with Crippen molar-refractivity contribution in [2.75, 3.05) is 0 Å². The quantitative estimate of drug-likeness (QED) is 0.330. The van der Waals surface area contributed by atoms with Gasteiger partial charge in [0.15, 0.2) is 0 Å². The van der Waals surface area contributed by atoms with Gasteiger partial charge in [-0.2, -0.15) is 0 Å². The summed E-state index contributed by atoms with van der Waals surface area (Å²) in [6.07, 6.45) is 4.64. The molecule has 0 bridgehead atoms. The van der Waals surface area contributed by atoms with E-state index in [1.165, 1.54) is 55.6 Å². The molecule has 1 aliphatic carbocycles. The number of hydrogen-bond acceptors (Lipinski definition) is 0. The molecule has 1 aliphatic rings. The minimum atomic E-state index is 1.09. The van der Waals surface area contributed by atoms with Gasteiger partial charge < -0.3 is 0 Å². The molecule has 0 atom stereocenters. The molecule has 146 valence electrons. The van der Waals surface area contributed by atoms with Crippen LogP contribution in [-0.2, 0) is 6.42 Å². The molecule has 0 nitrogen and oxygen atoms in total. The Labute approximate surface area is 179 Å². The van der Waals surface area contributed by atoms with Crippen LogP contribution in [0.2, 0.25) is 0 Å². The van der Waals surface area contributed by atoms with E-state index in [0.717, 1.165) is 12.8 Å². The zero-order chi connectivity index (χ0) is 20.5. The maximum Gasteiger partial charge on any atom is -0.00551 e. The van der Waals surface area contributed by atoms with Gasteiger partial charge in [0, 0.05) is 0 Å². The first-order valence-corrected chi connectivity index (χ1v) is 10.8. The monoisotopic (exact) mass is 386 g/mol. The molecule has 4 aromatic carbocycles. The fraction of sp³-hybridized carbons (Fsp3) is 0.133. The summed E-state index contributed by atoms with van der Waals surface area (Å²) in [7, 11) is 0. The normalized spacial score (nSPS) is 12.5. The van der Waals surface area contributed by atoms with Gasteiger partial charge in [0.2, 0.25) is 0 Å². The smallest absolute Gasteiger partial charge is 0.00551 e. The molecule has 0 heterocycles. The van der Waals surface area contributed by atoms with Crippen molar-refractivity contribution >= 4 is 6.08 Å². The Morgan fingerprint density at radius 1 is 0.633 bits per heavy atom. The Hall–Kier alpha value is -3.38. The van der Waals surface area contributed by atoms with E-state index in [9.17, 15) is 0 Å². The van der Waals surface area contributed by atoms with Gasteiger partial charge in [0.05, 0.1) is 0 Å². The lowest BCUT2D eigenvalue weighted by Crippen LogP contribution is -1.93. The molecule has 0 aliphatic heterocycles. The first kappa shape index (κ1) is 18.6. The zero-order valence-electron chi connectivity index (χ0n) is 17.7. The van der Waals surface area contributed by atoms with Crippen LogP contribution in [0.3, 0.4) is 0 Å². The van der Waals surface area contributed by atoms with E-state index >= 15 is 0 Å². The Morgan fingerprint density at radius 2 is 1.20 bits per heavy atom. The molecular formula is C30H26. The summed E-state index contributed by atoms with van der Waals surface area (Å²) < 4.78 is 0. The van der Waals surface area contributed by atoms with Gasteiger partial charge in [0.25, 0.3) is 0 Å². The van der Waals surface area contributed by atoms with Crippen LogP contribution in [0.25, 0.3) is 39.5 Å². The van der Waals surface area contributed by atoms with E-state index in [-0.39, 0.29) is 0 Å². The van der Waals surface area contributed by atoms with Crippen LogP contribution in [0.4, 0.5) is 0 Å². The Bertz CT molecular complexity index is 1170. The summed E-state index contributed by atoms with van der Waals surface area (Å²) in [6, 6.07) is 33.0.